The van der Waals surface area contributed by atoms with Gasteiger partial charge in [0.05, 0.1) is 5.69 Å². The Morgan fingerprint density at radius 1 is 1.30 bits per heavy atom. The van der Waals surface area contributed by atoms with E-state index >= 15 is 0 Å². The van der Waals surface area contributed by atoms with Crippen molar-refractivity contribution in [2.24, 2.45) is 0 Å². The smallest absolute Gasteiger partial charge is 0.186 e. The lowest BCUT2D eigenvalue weighted by molar-refractivity contribution is 0.593. The normalized spacial score (nSPS) is 17.1. The van der Waals surface area contributed by atoms with Gasteiger partial charge in [-0.05, 0) is 37.8 Å². The zero-order chi connectivity index (χ0) is 14.1. The molecular weight excluding hydrogens is 253 g/mol. The number of aromatic nitrogens is 2. The summed E-state index contributed by atoms with van der Waals surface area (Å²) in [5, 5.41) is 2.98. The number of halogens is 1. The van der Waals surface area contributed by atoms with Gasteiger partial charge in [0.15, 0.2) is 11.6 Å². The number of nitrogens with zero attached hydrogens (tertiary/aromatic N) is 2. The standard InChI is InChI=1S/C16H18FN3/c1-3-18-16-14(17)10(2)19-15(20-16)13-9-8-11-6-4-5-7-12(11)13/h4-7,13H,3,8-9H2,1-2H3,(H,18,19,20). The minimum absolute atomic E-state index is 0.183. The van der Waals surface area contributed by atoms with Crippen molar-refractivity contribution >= 4 is 5.82 Å². The van der Waals surface area contributed by atoms with Crippen LogP contribution in [0.25, 0.3) is 0 Å². The molecule has 1 unspecified atom stereocenters. The molecule has 1 N–H and O–H groups in total. The molecule has 0 spiro atoms. The first-order chi connectivity index (χ1) is 9.70. The Hall–Kier alpha value is -1.97. The minimum atomic E-state index is -0.345. The molecule has 20 heavy (non-hydrogen) atoms. The van der Waals surface area contributed by atoms with Crippen molar-refractivity contribution in [1.29, 1.82) is 0 Å². The van der Waals surface area contributed by atoms with Crippen LogP contribution in [-0.2, 0) is 6.42 Å². The molecule has 3 rings (SSSR count). The summed E-state index contributed by atoms with van der Waals surface area (Å²) in [6.07, 6.45) is 2.03. The average molecular weight is 271 g/mol. The number of aryl methyl sites for hydroxylation is 2. The van der Waals surface area contributed by atoms with Gasteiger partial charge in [-0.15, -0.1) is 0 Å². The van der Waals surface area contributed by atoms with Crippen LogP contribution in [0.15, 0.2) is 24.3 Å². The minimum Gasteiger partial charge on any atom is -0.368 e. The van der Waals surface area contributed by atoms with E-state index in [0.717, 1.165) is 18.7 Å². The van der Waals surface area contributed by atoms with Crippen molar-refractivity contribution in [1.82, 2.24) is 9.97 Å². The summed E-state index contributed by atoms with van der Waals surface area (Å²) in [4.78, 5) is 8.78. The van der Waals surface area contributed by atoms with Gasteiger partial charge in [-0.3, -0.25) is 0 Å². The van der Waals surface area contributed by atoms with Gasteiger partial charge in [0, 0.05) is 12.5 Å². The van der Waals surface area contributed by atoms with Crippen LogP contribution in [0.3, 0.4) is 0 Å². The molecule has 0 saturated carbocycles. The summed E-state index contributed by atoms with van der Waals surface area (Å²) >= 11 is 0. The molecule has 1 aliphatic carbocycles. The summed E-state index contributed by atoms with van der Waals surface area (Å²) in [6, 6.07) is 8.37. The number of rotatable bonds is 3. The molecule has 1 aromatic heterocycles. The molecule has 0 aliphatic heterocycles. The first-order valence-electron chi connectivity index (χ1n) is 7.06. The van der Waals surface area contributed by atoms with Crippen LogP contribution in [0.1, 0.15) is 41.9 Å². The van der Waals surface area contributed by atoms with Crippen LogP contribution < -0.4 is 5.32 Å². The highest BCUT2D eigenvalue weighted by Crippen LogP contribution is 2.37. The van der Waals surface area contributed by atoms with Gasteiger partial charge < -0.3 is 5.32 Å². The molecule has 0 saturated heterocycles. The van der Waals surface area contributed by atoms with Crippen LogP contribution >= 0.6 is 0 Å². The lowest BCUT2D eigenvalue weighted by Gasteiger charge is -2.14. The van der Waals surface area contributed by atoms with Crippen LogP contribution in [0.2, 0.25) is 0 Å². The van der Waals surface area contributed by atoms with E-state index in [0.29, 0.717) is 18.1 Å². The lowest BCUT2D eigenvalue weighted by atomic mass is 10.0. The number of hydrogen-bond donors (Lipinski definition) is 1. The third-order valence-electron chi connectivity index (χ3n) is 3.82. The molecule has 1 aromatic carbocycles. The fourth-order valence-corrected chi connectivity index (χ4v) is 2.85. The van der Waals surface area contributed by atoms with Crippen LogP contribution in [-0.4, -0.2) is 16.5 Å². The molecule has 0 amide bonds. The van der Waals surface area contributed by atoms with E-state index in [1.807, 2.05) is 13.0 Å². The lowest BCUT2D eigenvalue weighted by Crippen LogP contribution is -2.11. The zero-order valence-electron chi connectivity index (χ0n) is 11.8. The molecule has 1 atom stereocenters. The molecular formula is C16H18FN3. The summed E-state index contributed by atoms with van der Waals surface area (Å²) in [7, 11) is 0. The van der Waals surface area contributed by atoms with Crippen LogP contribution in [0, 0.1) is 12.7 Å². The summed E-state index contributed by atoms with van der Waals surface area (Å²) < 4.78 is 14.0. The van der Waals surface area contributed by atoms with Gasteiger partial charge in [0.1, 0.15) is 5.82 Å². The molecule has 2 aromatic rings. The van der Waals surface area contributed by atoms with E-state index in [-0.39, 0.29) is 11.7 Å². The molecule has 0 bridgehead atoms. The molecule has 0 fully saturated rings. The highest BCUT2D eigenvalue weighted by atomic mass is 19.1. The summed E-state index contributed by atoms with van der Waals surface area (Å²) in [5.74, 6) is 0.883. The van der Waals surface area contributed by atoms with E-state index < -0.39 is 0 Å². The Morgan fingerprint density at radius 2 is 2.10 bits per heavy atom. The van der Waals surface area contributed by atoms with E-state index in [1.54, 1.807) is 6.92 Å². The third kappa shape index (κ3) is 2.15. The predicted molar refractivity (Wildman–Crippen MR) is 77.5 cm³/mol. The molecule has 1 aliphatic rings. The maximum atomic E-state index is 14.0. The van der Waals surface area contributed by atoms with Crippen molar-refractivity contribution in [2.45, 2.75) is 32.6 Å². The Morgan fingerprint density at radius 3 is 2.90 bits per heavy atom. The predicted octanol–water partition coefficient (Wildman–Crippen LogP) is 3.43. The van der Waals surface area contributed by atoms with Crippen molar-refractivity contribution in [3.8, 4) is 0 Å². The second kappa shape index (κ2) is 5.19. The summed E-state index contributed by atoms with van der Waals surface area (Å²) in [6.45, 7) is 4.28. The topological polar surface area (TPSA) is 37.8 Å². The van der Waals surface area contributed by atoms with Crippen LogP contribution in [0.5, 0.6) is 0 Å². The van der Waals surface area contributed by atoms with Gasteiger partial charge in [0.25, 0.3) is 0 Å². The van der Waals surface area contributed by atoms with Gasteiger partial charge in [-0.25, -0.2) is 14.4 Å². The van der Waals surface area contributed by atoms with Crippen molar-refractivity contribution < 1.29 is 4.39 Å². The second-order valence-electron chi connectivity index (χ2n) is 5.15. The summed E-state index contributed by atoms with van der Waals surface area (Å²) in [5.41, 5.74) is 3.05. The highest BCUT2D eigenvalue weighted by molar-refractivity contribution is 5.43. The van der Waals surface area contributed by atoms with Gasteiger partial charge in [-0.2, -0.15) is 0 Å². The number of benzene rings is 1. The monoisotopic (exact) mass is 271 g/mol. The van der Waals surface area contributed by atoms with Gasteiger partial charge in [-0.1, -0.05) is 24.3 Å². The van der Waals surface area contributed by atoms with Crippen molar-refractivity contribution in [3.63, 3.8) is 0 Å². The Labute approximate surface area is 118 Å². The molecule has 4 heteroatoms. The van der Waals surface area contributed by atoms with Gasteiger partial charge >= 0.3 is 0 Å². The fourth-order valence-electron chi connectivity index (χ4n) is 2.85. The van der Waals surface area contributed by atoms with Crippen molar-refractivity contribution in [2.75, 3.05) is 11.9 Å². The Bertz CT molecular complexity index is 640. The number of hydrogen-bond acceptors (Lipinski definition) is 3. The van der Waals surface area contributed by atoms with Crippen molar-refractivity contribution in [3.05, 3.63) is 52.7 Å². The van der Waals surface area contributed by atoms with Crippen LogP contribution in [0.4, 0.5) is 10.2 Å². The molecule has 1 heterocycles. The van der Waals surface area contributed by atoms with E-state index in [2.05, 4.69) is 33.5 Å². The zero-order valence-corrected chi connectivity index (χ0v) is 11.8. The fraction of sp³-hybridized carbons (Fsp3) is 0.375. The second-order valence-corrected chi connectivity index (χ2v) is 5.15. The first kappa shape index (κ1) is 13.0. The highest BCUT2D eigenvalue weighted by Gasteiger charge is 2.27. The SMILES string of the molecule is CCNc1nc(C2CCc3ccccc32)nc(C)c1F. The number of anilines is 1. The molecule has 3 nitrogen and oxygen atoms in total. The Kier molecular flexibility index (Phi) is 3.38. The largest absolute Gasteiger partial charge is 0.368 e. The van der Waals surface area contributed by atoms with E-state index in [4.69, 9.17) is 0 Å². The van der Waals surface area contributed by atoms with Gasteiger partial charge in [0.2, 0.25) is 0 Å². The third-order valence-corrected chi connectivity index (χ3v) is 3.82. The Balaban J connectivity index is 2.03. The van der Waals surface area contributed by atoms with E-state index in [1.165, 1.54) is 11.1 Å². The van der Waals surface area contributed by atoms with E-state index in [9.17, 15) is 4.39 Å². The number of fused-ring (bicyclic) bond motifs is 1. The first-order valence-corrected chi connectivity index (χ1v) is 7.06. The number of nitrogens with one attached hydrogen (secondary N) is 1. The quantitative estimate of drug-likeness (QED) is 0.929. The molecule has 104 valence electrons. The maximum Gasteiger partial charge on any atom is 0.186 e. The molecule has 0 radical (unpaired) electrons. The average Bonchev–Trinajstić information content (AvgIpc) is 2.88. The maximum absolute atomic E-state index is 14.0.